The Bertz CT molecular complexity index is 1910. The molecule has 7 aromatic rings. The highest BCUT2D eigenvalue weighted by Crippen LogP contribution is 2.34. The quantitative estimate of drug-likeness (QED) is 0.217. The second-order valence-corrected chi connectivity index (χ2v) is 9.93. The van der Waals surface area contributed by atoms with Crippen molar-refractivity contribution in [3.63, 3.8) is 0 Å². The normalized spacial score (nSPS) is 11.2. The predicted molar refractivity (Wildman–Crippen MR) is 162 cm³/mol. The van der Waals surface area contributed by atoms with Crippen molar-refractivity contribution in [2.24, 2.45) is 0 Å². The van der Waals surface area contributed by atoms with Gasteiger partial charge in [-0.3, -0.25) is 0 Å². The van der Waals surface area contributed by atoms with E-state index in [2.05, 4.69) is 60.7 Å². The zero-order chi connectivity index (χ0) is 26.2. The number of hydrogen-bond acceptors (Lipinski definition) is 3. The Morgan fingerprint density at radius 3 is 1.59 bits per heavy atom. The highest BCUT2D eigenvalue weighted by molar-refractivity contribution is 6.31. The van der Waals surface area contributed by atoms with E-state index in [0.717, 1.165) is 27.8 Å². The van der Waals surface area contributed by atoms with Gasteiger partial charge in [-0.15, -0.1) is 0 Å². The lowest BCUT2D eigenvalue weighted by atomic mass is 9.96. The lowest BCUT2D eigenvalue weighted by Crippen LogP contribution is -2.00. The van der Waals surface area contributed by atoms with Crippen LogP contribution in [0.4, 0.5) is 0 Å². The number of fused-ring (bicyclic) bond motifs is 3. The van der Waals surface area contributed by atoms with E-state index in [0.29, 0.717) is 22.5 Å². The topological polar surface area (TPSA) is 38.7 Å². The Balaban J connectivity index is 1.37. The molecular weight excluding hydrogens is 498 g/mol. The van der Waals surface area contributed by atoms with E-state index >= 15 is 0 Å². The maximum absolute atomic E-state index is 6.69. The van der Waals surface area contributed by atoms with Crippen LogP contribution in [0.5, 0.6) is 0 Å². The minimum absolute atomic E-state index is 0.582. The Kier molecular flexibility index (Phi) is 5.84. The van der Waals surface area contributed by atoms with Crippen molar-refractivity contribution in [2.45, 2.75) is 0 Å². The lowest BCUT2D eigenvalue weighted by Gasteiger charge is -2.11. The van der Waals surface area contributed by atoms with E-state index in [4.69, 9.17) is 26.6 Å². The fourth-order valence-corrected chi connectivity index (χ4v) is 5.25. The van der Waals surface area contributed by atoms with Gasteiger partial charge < -0.3 is 0 Å². The van der Waals surface area contributed by atoms with Crippen molar-refractivity contribution in [1.82, 2.24) is 15.0 Å². The summed E-state index contributed by atoms with van der Waals surface area (Å²) in [6.45, 7) is 0. The van der Waals surface area contributed by atoms with Crippen molar-refractivity contribution in [1.29, 1.82) is 0 Å². The van der Waals surface area contributed by atoms with E-state index in [1.165, 1.54) is 21.5 Å². The van der Waals surface area contributed by atoms with Gasteiger partial charge in [-0.2, -0.15) is 0 Å². The molecule has 0 saturated heterocycles. The SMILES string of the molecule is Clc1cc(-c2ccc3c(ccc4ccccc43)c2)cc(-c2nc(-c3ccccc3)nc(-c3ccccc3)n2)c1. The van der Waals surface area contributed by atoms with E-state index in [-0.39, 0.29) is 0 Å². The molecule has 0 bridgehead atoms. The van der Waals surface area contributed by atoms with Gasteiger partial charge in [0.25, 0.3) is 0 Å². The van der Waals surface area contributed by atoms with Crippen LogP contribution in [-0.2, 0) is 0 Å². The maximum atomic E-state index is 6.69. The molecule has 0 amide bonds. The van der Waals surface area contributed by atoms with Crippen LogP contribution in [-0.4, -0.2) is 15.0 Å². The molecule has 184 valence electrons. The van der Waals surface area contributed by atoms with Crippen molar-refractivity contribution in [3.05, 3.63) is 138 Å². The van der Waals surface area contributed by atoms with Crippen molar-refractivity contribution in [3.8, 4) is 45.3 Å². The first-order valence-electron chi connectivity index (χ1n) is 12.8. The fourth-order valence-electron chi connectivity index (χ4n) is 5.02. The first-order valence-corrected chi connectivity index (χ1v) is 13.2. The minimum atomic E-state index is 0.582. The number of halogens is 1. The minimum Gasteiger partial charge on any atom is -0.208 e. The van der Waals surface area contributed by atoms with Crippen LogP contribution in [0.15, 0.2) is 133 Å². The molecule has 7 rings (SSSR count). The molecule has 0 aliphatic rings. The van der Waals surface area contributed by atoms with Crippen LogP contribution in [0.25, 0.3) is 66.8 Å². The summed E-state index contributed by atoms with van der Waals surface area (Å²) in [6.07, 6.45) is 0. The molecule has 1 heterocycles. The molecule has 0 saturated carbocycles. The number of hydrogen-bond donors (Lipinski definition) is 0. The first-order chi connectivity index (χ1) is 19.2. The Morgan fingerprint density at radius 1 is 0.359 bits per heavy atom. The van der Waals surface area contributed by atoms with Crippen LogP contribution in [0.3, 0.4) is 0 Å². The lowest BCUT2D eigenvalue weighted by molar-refractivity contribution is 1.07. The van der Waals surface area contributed by atoms with Crippen molar-refractivity contribution < 1.29 is 0 Å². The van der Waals surface area contributed by atoms with E-state index < -0.39 is 0 Å². The van der Waals surface area contributed by atoms with Gasteiger partial charge in [-0.1, -0.05) is 121 Å². The summed E-state index contributed by atoms with van der Waals surface area (Å²) >= 11 is 6.69. The van der Waals surface area contributed by atoms with E-state index in [1.807, 2.05) is 72.8 Å². The molecule has 3 nitrogen and oxygen atoms in total. The molecule has 0 aliphatic carbocycles. The summed E-state index contributed by atoms with van der Waals surface area (Å²) in [5.74, 6) is 1.83. The monoisotopic (exact) mass is 519 g/mol. The molecule has 39 heavy (non-hydrogen) atoms. The van der Waals surface area contributed by atoms with Gasteiger partial charge in [0.15, 0.2) is 17.5 Å². The van der Waals surface area contributed by atoms with Crippen molar-refractivity contribution in [2.75, 3.05) is 0 Å². The van der Waals surface area contributed by atoms with Crippen LogP contribution in [0.1, 0.15) is 0 Å². The molecule has 0 spiro atoms. The molecule has 0 atom stereocenters. The third kappa shape index (κ3) is 4.54. The molecule has 0 N–H and O–H groups in total. The number of aromatic nitrogens is 3. The van der Waals surface area contributed by atoms with Gasteiger partial charge in [0, 0.05) is 21.7 Å². The average molecular weight is 520 g/mol. The summed E-state index contributed by atoms with van der Waals surface area (Å²) in [4.78, 5) is 14.6. The Hall–Kier alpha value is -4.86. The molecule has 1 aromatic heterocycles. The Labute approximate surface area is 231 Å². The second-order valence-electron chi connectivity index (χ2n) is 9.49. The van der Waals surface area contributed by atoms with E-state index in [9.17, 15) is 0 Å². The molecule has 6 aromatic carbocycles. The molecule has 0 fully saturated rings. The maximum Gasteiger partial charge on any atom is 0.164 e. The highest BCUT2D eigenvalue weighted by Gasteiger charge is 2.14. The summed E-state index contributed by atoms with van der Waals surface area (Å²) in [5.41, 5.74) is 4.80. The zero-order valence-electron chi connectivity index (χ0n) is 20.9. The molecule has 0 aliphatic heterocycles. The molecule has 4 heteroatoms. The fraction of sp³-hybridized carbons (Fsp3) is 0. The van der Waals surface area contributed by atoms with Crippen LogP contribution >= 0.6 is 11.6 Å². The first kappa shape index (κ1) is 23.3. The standard InChI is InChI=1S/C35H22ClN3/c36-30-21-28(26-17-18-32-27(19-26)16-15-23-9-7-8-14-31(23)32)20-29(22-30)35-38-33(24-10-3-1-4-11-24)37-34(39-35)25-12-5-2-6-13-25/h1-22H. The van der Waals surface area contributed by atoms with Crippen LogP contribution in [0.2, 0.25) is 5.02 Å². The summed E-state index contributed by atoms with van der Waals surface area (Å²) in [7, 11) is 0. The van der Waals surface area contributed by atoms with Crippen molar-refractivity contribution >= 4 is 33.1 Å². The highest BCUT2D eigenvalue weighted by atomic mass is 35.5. The summed E-state index contributed by atoms with van der Waals surface area (Å²) in [5, 5.41) is 5.53. The molecule has 0 unspecified atom stereocenters. The summed E-state index contributed by atoms with van der Waals surface area (Å²) < 4.78 is 0. The number of nitrogens with zero attached hydrogens (tertiary/aromatic N) is 3. The zero-order valence-corrected chi connectivity index (χ0v) is 21.7. The van der Waals surface area contributed by atoms with Crippen LogP contribution < -0.4 is 0 Å². The van der Waals surface area contributed by atoms with Gasteiger partial charge in [-0.05, 0) is 56.9 Å². The largest absolute Gasteiger partial charge is 0.208 e. The van der Waals surface area contributed by atoms with Gasteiger partial charge in [-0.25, -0.2) is 15.0 Å². The molecule has 0 radical (unpaired) electrons. The van der Waals surface area contributed by atoms with Gasteiger partial charge in [0.2, 0.25) is 0 Å². The van der Waals surface area contributed by atoms with Crippen LogP contribution in [0, 0.1) is 0 Å². The van der Waals surface area contributed by atoms with Gasteiger partial charge >= 0.3 is 0 Å². The Morgan fingerprint density at radius 2 is 0.897 bits per heavy atom. The third-order valence-electron chi connectivity index (χ3n) is 6.93. The second kappa shape index (κ2) is 9.79. The summed E-state index contributed by atoms with van der Waals surface area (Å²) in [6, 6.07) is 45.4. The van der Waals surface area contributed by atoms with Gasteiger partial charge in [0.1, 0.15) is 0 Å². The number of rotatable bonds is 4. The number of benzene rings is 6. The molecular formula is C35H22ClN3. The van der Waals surface area contributed by atoms with E-state index in [1.54, 1.807) is 0 Å². The van der Waals surface area contributed by atoms with Gasteiger partial charge in [0.05, 0.1) is 0 Å². The third-order valence-corrected chi connectivity index (χ3v) is 7.15. The average Bonchev–Trinajstić information content (AvgIpc) is 3.01. The predicted octanol–water partition coefficient (Wildman–Crippen LogP) is 9.50. The smallest absolute Gasteiger partial charge is 0.164 e.